The zero-order chi connectivity index (χ0) is 22.9. The molecule has 2 N–H and O–H groups in total. The van der Waals surface area contributed by atoms with Gasteiger partial charge in [-0.1, -0.05) is 31.2 Å². The van der Waals surface area contributed by atoms with E-state index in [9.17, 15) is 18.8 Å². The van der Waals surface area contributed by atoms with E-state index in [0.29, 0.717) is 11.3 Å². The quantitative estimate of drug-likeness (QED) is 0.204. The van der Waals surface area contributed by atoms with E-state index in [1.54, 1.807) is 24.3 Å². The molecule has 0 aliphatic rings. The number of rotatable bonds is 6. The molecule has 7 nitrogen and oxygen atoms in total. The number of hydrogen-bond donors (Lipinski definition) is 2. The van der Waals surface area contributed by atoms with E-state index in [1.165, 1.54) is 42.6 Å². The van der Waals surface area contributed by atoms with Crippen LogP contribution in [0.3, 0.4) is 0 Å². The number of anilines is 1. The fourth-order valence-corrected chi connectivity index (χ4v) is 2.64. The number of carbonyl (C=O) groups is 3. The lowest BCUT2D eigenvalue weighted by Crippen LogP contribution is -2.32. The largest absolute Gasteiger partial charge is 0.423 e. The molecule has 3 aromatic rings. The average molecular weight is 433 g/mol. The van der Waals surface area contributed by atoms with Crippen LogP contribution in [0.1, 0.15) is 28.4 Å². The van der Waals surface area contributed by atoms with E-state index in [4.69, 9.17) is 4.74 Å². The molecule has 3 aromatic carbocycles. The van der Waals surface area contributed by atoms with Gasteiger partial charge in [0.25, 0.3) is 0 Å². The summed E-state index contributed by atoms with van der Waals surface area (Å²) in [4.78, 5) is 35.8. The summed E-state index contributed by atoms with van der Waals surface area (Å²) in [5, 5.41) is 6.22. The van der Waals surface area contributed by atoms with Crippen molar-refractivity contribution in [2.75, 3.05) is 5.32 Å². The summed E-state index contributed by atoms with van der Waals surface area (Å²) in [6, 6.07) is 18.8. The van der Waals surface area contributed by atoms with Crippen LogP contribution in [0.15, 0.2) is 77.9 Å². The molecule has 0 unspecified atom stereocenters. The Morgan fingerprint density at radius 2 is 1.62 bits per heavy atom. The van der Waals surface area contributed by atoms with Crippen molar-refractivity contribution in [3.8, 4) is 5.75 Å². The van der Waals surface area contributed by atoms with Gasteiger partial charge in [-0.05, 0) is 66.1 Å². The lowest BCUT2D eigenvalue weighted by Gasteiger charge is -2.05. The molecule has 0 fully saturated rings. The average Bonchev–Trinajstić information content (AvgIpc) is 2.80. The minimum atomic E-state index is -0.920. The third-order valence-electron chi connectivity index (χ3n) is 4.39. The molecule has 3 rings (SSSR count). The third kappa shape index (κ3) is 6.09. The Hall–Kier alpha value is -4.33. The van der Waals surface area contributed by atoms with Crippen molar-refractivity contribution < 1.29 is 23.5 Å². The van der Waals surface area contributed by atoms with Crippen LogP contribution in [0.2, 0.25) is 0 Å². The summed E-state index contributed by atoms with van der Waals surface area (Å²) < 4.78 is 18.8. The number of nitrogens with zero attached hydrogens (tertiary/aromatic N) is 1. The highest BCUT2D eigenvalue weighted by atomic mass is 19.1. The molecule has 162 valence electrons. The van der Waals surface area contributed by atoms with Crippen molar-refractivity contribution in [1.29, 1.82) is 0 Å². The molecule has 0 spiro atoms. The van der Waals surface area contributed by atoms with Crippen molar-refractivity contribution >= 4 is 29.7 Å². The van der Waals surface area contributed by atoms with Crippen LogP contribution in [0.5, 0.6) is 5.75 Å². The van der Waals surface area contributed by atoms with Crippen molar-refractivity contribution in [2.24, 2.45) is 5.10 Å². The lowest BCUT2D eigenvalue weighted by molar-refractivity contribution is -0.136. The predicted octanol–water partition coefficient (Wildman–Crippen LogP) is 3.70. The van der Waals surface area contributed by atoms with Gasteiger partial charge < -0.3 is 10.1 Å². The van der Waals surface area contributed by atoms with Gasteiger partial charge in [0, 0.05) is 5.69 Å². The van der Waals surface area contributed by atoms with Gasteiger partial charge in [0.2, 0.25) is 0 Å². The third-order valence-corrected chi connectivity index (χ3v) is 4.39. The van der Waals surface area contributed by atoms with Crippen LogP contribution in [0.4, 0.5) is 10.1 Å². The number of aryl methyl sites for hydroxylation is 1. The van der Waals surface area contributed by atoms with Crippen LogP contribution in [-0.4, -0.2) is 24.0 Å². The Morgan fingerprint density at radius 3 is 2.28 bits per heavy atom. The van der Waals surface area contributed by atoms with Crippen molar-refractivity contribution in [3.63, 3.8) is 0 Å². The first-order valence-electron chi connectivity index (χ1n) is 9.76. The first kappa shape index (κ1) is 22.4. The first-order chi connectivity index (χ1) is 15.5. The lowest BCUT2D eigenvalue weighted by atomic mass is 10.1. The van der Waals surface area contributed by atoms with Crippen LogP contribution >= 0.6 is 0 Å². The first-order valence-corrected chi connectivity index (χ1v) is 9.76. The van der Waals surface area contributed by atoms with Crippen molar-refractivity contribution in [3.05, 3.63) is 95.3 Å². The highest BCUT2D eigenvalue weighted by Gasteiger charge is 2.14. The van der Waals surface area contributed by atoms with Crippen molar-refractivity contribution in [2.45, 2.75) is 13.3 Å². The Bertz CT molecular complexity index is 1140. The zero-order valence-corrected chi connectivity index (χ0v) is 17.2. The Kier molecular flexibility index (Phi) is 7.42. The van der Waals surface area contributed by atoms with Crippen molar-refractivity contribution in [1.82, 2.24) is 5.43 Å². The molecule has 0 aromatic heterocycles. The monoisotopic (exact) mass is 433 g/mol. The number of nitrogens with one attached hydrogen (secondary N) is 2. The second-order valence-electron chi connectivity index (χ2n) is 6.64. The molecule has 8 heteroatoms. The number of benzene rings is 3. The molecule has 0 radical (unpaired) electrons. The van der Waals surface area contributed by atoms with E-state index in [1.807, 2.05) is 19.1 Å². The second-order valence-corrected chi connectivity index (χ2v) is 6.64. The van der Waals surface area contributed by atoms with Gasteiger partial charge in [-0.15, -0.1) is 0 Å². The molecule has 0 bridgehead atoms. The van der Waals surface area contributed by atoms with E-state index < -0.39 is 23.6 Å². The number of esters is 1. The van der Waals surface area contributed by atoms with Gasteiger partial charge in [-0.25, -0.2) is 14.6 Å². The number of amides is 2. The topological polar surface area (TPSA) is 96.9 Å². The Morgan fingerprint density at radius 1 is 0.938 bits per heavy atom. The number of hydrazone groups is 1. The summed E-state index contributed by atoms with van der Waals surface area (Å²) >= 11 is 0. The Labute approximate surface area is 183 Å². The van der Waals surface area contributed by atoms with Gasteiger partial charge in [0.05, 0.1) is 11.8 Å². The molecule has 0 atom stereocenters. The summed E-state index contributed by atoms with van der Waals surface area (Å²) in [6.45, 7) is 2.02. The summed E-state index contributed by atoms with van der Waals surface area (Å²) in [5.74, 6) is -3.03. The fraction of sp³-hybridized carbons (Fsp3) is 0.0833. The summed E-state index contributed by atoms with van der Waals surface area (Å²) in [6.07, 6.45) is 2.20. The molecule has 32 heavy (non-hydrogen) atoms. The maximum absolute atomic E-state index is 13.6. The van der Waals surface area contributed by atoms with Gasteiger partial charge in [-0.2, -0.15) is 5.10 Å². The highest BCUT2D eigenvalue weighted by molar-refractivity contribution is 6.39. The number of hydrogen-bond acceptors (Lipinski definition) is 5. The SMILES string of the molecule is CCc1ccc(NC(=O)C(=O)NN=Cc2ccc(OC(=O)c3ccccc3F)cc2)cc1. The van der Waals surface area contributed by atoms with Crippen LogP contribution in [0, 0.1) is 5.82 Å². The van der Waals surface area contributed by atoms with Gasteiger partial charge >= 0.3 is 17.8 Å². The molecular weight excluding hydrogens is 413 g/mol. The van der Waals surface area contributed by atoms with Gasteiger partial charge in [0.1, 0.15) is 11.6 Å². The standard InChI is InChI=1S/C24H20FN3O4/c1-2-16-7-11-18(12-8-16)27-22(29)23(30)28-26-15-17-9-13-19(14-10-17)32-24(31)20-5-3-4-6-21(20)25/h3-15H,2H2,1H3,(H,27,29)(H,28,30). The van der Waals surface area contributed by atoms with Gasteiger partial charge in [-0.3, -0.25) is 9.59 Å². The smallest absolute Gasteiger partial charge is 0.346 e. The van der Waals surface area contributed by atoms with E-state index in [2.05, 4.69) is 15.8 Å². The maximum atomic E-state index is 13.6. The molecule has 0 saturated heterocycles. The van der Waals surface area contributed by atoms with Crippen LogP contribution in [-0.2, 0) is 16.0 Å². The molecule has 2 amide bonds. The summed E-state index contributed by atoms with van der Waals surface area (Å²) in [7, 11) is 0. The fourth-order valence-electron chi connectivity index (χ4n) is 2.64. The molecular formula is C24H20FN3O4. The maximum Gasteiger partial charge on any atom is 0.346 e. The number of ether oxygens (including phenoxy) is 1. The predicted molar refractivity (Wildman–Crippen MR) is 118 cm³/mol. The van der Waals surface area contributed by atoms with Crippen LogP contribution < -0.4 is 15.5 Å². The molecule has 0 heterocycles. The molecule has 0 aliphatic heterocycles. The van der Waals surface area contributed by atoms with E-state index in [-0.39, 0.29) is 11.3 Å². The van der Waals surface area contributed by atoms with Crippen LogP contribution in [0.25, 0.3) is 0 Å². The number of halogens is 1. The van der Waals surface area contributed by atoms with E-state index >= 15 is 0 Å². The Balaban J connectivity index is 1.50. The summed E-state index contributed by atoms with van der Waals surface area (Å²) in [5.41, 5.74) is 4.17. The normalized spacial score (nSPS) is 10.6. The molecule has 0 saturated carbocycles. The zero-order valence-electron chi connectivity index (χ0n) is 17.2. The van der Waals surface area contributed by atoms with Gasteiger partial charge in [0.15, 0.2) is 0 Å². The highest BCUT2D eigenvalue weighted by Crippen LogP contribution is 2.15. The second kappa shape index (κ2) is 10.6. The molecule has 0 aliphatic carbocycles. The van der Waals surface area contributed by atoms with E-state index in [0.717, 1.165) is 12.0 Å². The number of carbonyl (C=O) groups excluding carboxylic acids is 3. The minimum absolute atomic E-state index is 0.166. The minimum Gasteiger partial charge on any atom is -0.423 e.